The van der Waals surface area contributed by atoms with Crippen molar-refractivity contribution in [3.8, 4) is 0 Å². The number of hydrogen-bond acceptors (Lipinski definition) is 2. The molecule has 0 saturated heterocycles. The van der Waals surface area contributed by atoms with Gasteiger partial charge in [0, 0.05) is 39.5 Å². The van der Waals surface area contributed by atoms with E-state index in [1.807, 2.05) is 0 Å². The fraction of sp³-hybridized carbons (Fsp3) is 0.294. The van der Waals surface area contributed by atoms with Gasteiger partial charge in [-0.2, -0.15) is 0 Å². The lowest BCUT2D eigenvalue weighted by molar-refractivity contribution is 0.0939. The van der Waals surface area contributed by atoms with Gasteiger partial charge >= 0.3 is 0 Å². The van der Waals surface area contributed by atoms with E-state index in [2.05, 4.69) is 183 Å². The van der Waals surface area contributed by atoms with Crippen molar-refractivity contribution in [1.29, 1.82) is 0 Å². The molecule has 268 valence electrons. The number of hydrogen-bond donors (Lipinski definition) is 0. The monoisotopic (exact) mass is 694 g/mol. The molecule has 0 atom stereocenters. The zero-order valence-corrected chi connectivity index (χ0v) is 32.1. The van der Waals surface area contributed by atoms with Gasteiger partial charge in [-0.25, -0.2) is 0 Å². The minimum Gasteiger partial charge on any atom is -0.311 e. The predicted molar refractivity (Wildman–Crippen MR) is 226 cm³/mol. The van der Waals surface area contributed by atoms with Crippen LogP contribution in [0.5, 0.6) is 0 Å². The molecule has 0 bridgehead atoms. The zero-order chi connectivity index (χ0) is 36.4. The van der Waals surface area contributed by atoms with Crippen molar-refractivity contribution in [3.63, 3.8) is 0 Å². The highest BCUT2D eigenvalue weighted by atomic mass is 15.1. The number of nitrogens with zero attached hydrogens (tertiary/aromatic N) is 2. The highest BCUT2D eigenvalue weighted by Crippen LogP contribution is 2.56. The van der Waals surface area contributed by atoms with Crippen LogP contribution >= 0.6 is 0 Å². The first-order valence-corrected chi connectivity index (χ1v) is 19.9. The molecular formula is C51H54N2. The molecule has 2 saturated carbocycles. The fourth-order valence-corrected chi connectivity index (χ4v) is 9.28. The summed E-state index contributed by atoms with van der Waals surface area (Å²) in [5.41, 5.74) is 15.6. The Labute approximate surface area is 318 Å². The van der Waals surface area contributed by atoms with Gasteiger partial charge in [0.2, 0.25) is 0 Å². The number of anilines is 6. The molecule has 2 fully saturated rings. The average molecular weight is 695 g/mol. The number of rotatable bonds is 8. The number of aryl methyl sites for hydroxylation is 4. The fourth-order valence-electron chi connectivity index (χ4n) is 9.28. The second-order valence-corrected chi connectivity index (χ2v) is 16.2. The molecule has 0 radical (unpaired) electrons. The summed E-state index contributed by atoms with van der Waals surface area (Å²) < 4.78 is 0. The van der Waals surface area contributed by atoms with Crippen molar-refractivity contribution in [2.24, 2.45) is 5.41 Å². The third-order valence-electron chi connectivity index (χ3n) is 12.6. The first-order chi connectivity index (χ1) is 25.8. The minimum atomic E-state index is -0.0170. The second-order valence-electron chi connectivity index (χ2n) is 16.2. The normalized spacial score (nSPS) is 16.3. The molecule has 2 aliphatic rings. The van der Waals surface area contributed by atoms with Crippen LogP contribution in [0.15, 0.2) is 146 Å². The van der Waals surface area contributed by atoms with E-state index in [0.717, 1.165) is 0 Å². The summed E-state index contributed by atoms with van der Waals surface area (Å²) in [6, 6.07) is 54.9. The van der Waals surface area contributed by atoms with Crippen molar-refractivity contribution < 1.29 is 0 Å². The first kappa shape index (κ1) is 35.0. The van der Waals surface area contributed by atoms with E-state index in [1.54, 1.807) is 0 Å². The van der Waals surface area contributed by atoms with Gasteiger partial charge < -0.3 is 9.80 Å². The third kappa shape index (κ3) is 7.17. The smallest absolute Gasteiger partial charge is 0.0461 e. The summed E-state index contributed by atoms with van der Waals surface area (Å²) in [7, 11) is 0. The largest absolute Gasteiger partial charge is 0.311 e. The maximum Gasteiger partial charge on any atom is 0.0461 e. The third-order valence-corrected chi connectivity index (χ3v) is 12.6. The molecule has 2 aliphatic carbocycles. The van der Waals surface area contributed by atoms with E-state index in [4.69, 9.17) is 0 Å². The Balaban J connectivity index is 1.18. The maximum absolute atomic E-state index is 2.45. The maximum atomic E-state index is 2.45. The Kier molecular flexibility index (Phi) is 9.73. The van der Waals surface area contributed by atoms with Crippen molar-refractivity contribution in [1.82, 2.24) is 0 Å². The minimum absolute atomic E-state index is 0.0170. The summed E-state index contributed by atoms with van der Waals surface area (Å²) in [6.45, 7) is 8.63. The van der Waals surface area contributed by atoms with E-state index in [1.165, 1.54) is 125 Å². The van der Waals surface area contributed by atoms with Crippen LogP contribution in [0, 0.1) is 33.1 Å². The quantitative estimate of drug-likeness (QED) is 0.156. The Bertz CT molecular complexity index is 1860. The Morgan fingerprint density at radius 1 is 0.302 bits per heavy atom. The van der Waals surface area contributed by atoms with Crippen LogP contribution in [-0.2, 0) is 5.41 Å². The Hall–Kier alpha value is -5.08. The molecule has 6 aromatic rings. The summed E-state index contributed by atoms with van der Waals surface area (Å²) in [5.74, 6) is 0. The summed E-state index contributed by atoms with van der Waals surface area (Å²) >= 11 is 0. The summed E-state index contributed by atoms with van der Waals surface area (Å²) in [6.07, 6.45) is 12.1. The van der Waals surface area contributed by atoms with E-state index in [9.17, 15) is 0 Å². The van der Waals surface area contributed by atoms with Gasteiger partial charge in [0.1, 0.15) is 0 Å². The molecule has 0 amide bonds. The lowest BCUT2D eigenvalue weighted by atomic mass is 9.55. The first-order valence-electron chi connectivity index (χ1n) is 19.9. The summed E-state index contributed by atoms with van der Waals surface area (Å²) in [5, 5.41) is 0. The molecule has 6 aromatic carbocycles. The molecule has 53 heavy (non-hydrogen) atoms. The van der Waals surface area contributed by atoms with Crippen LogP contribution in [0.4, 0.5) is 34.1 Å². The molecule has 0 aromatic heterocycles. The van der Waals surface area contributed by atoms with Crippen LogP contribution < -0.4 is 9.80 Å². The van der Waals surface area contributed by atoms with Gasteiger partial charge in [0.05, 0.1) is 0 Å². The lowest BCUT2D eigenvalue weighted by Crippen LogP contribution is -2.39. The van der Waals surface area contributed by atoms with E-state index < -0.39 is 0 Å². The molecule has 2 heteroatoms. The van der Waals surface area contributed by atoms with Crippen molar-refractivity contribution in [3.05, 3.63) is 179 Å². The molecule has 1 spiro atoms. The molecule has 8 rings (SSSR count). The molecule has 0 N–H and O–H groups in total. The van der Waals surface area contributed by atoms with Gasteiger partial charge in [-0.1, -0.05) is 114 Å². The standard InChI is InChI=1S/C51H54N2/c1-38-8-20-44(21-9-38)52(45-22-10-39(2)11-23-45)48-28-16-42(17-29-48)51(36-34-50(35-37-51)32-6-5-7-33-50)43-18-30-49(31-19-43)53(46-24-12-40(3)13-25-46)47-26-14-41(4)15-27-47/h8-31H,5-7,32-37H2,1-4H3. The van der Waals surface area contributed by atoms with Gasteiger partial charge in [-0.3, -0.25) is 0 Å². The van der Waals surface area contributed by atoms with Crippen molar-refractivity contribution in [2.45, 2.75) is 90.9 Å². The highest BCUT2D eigenvalue weighted by molar-refractivity contribution is 5.78. The van der Waals surface area contributed by atoms with Gasteiger partial charge in [0.15, 0.2) is 0 Å². The van der Waals surface area contributed by atoms with E-state index >= 15 is 0 Å². The van der Waals surface area contributed by atoms with Gasteiger partial charge in [-0.15, -0.1) is 0 Å². The van der Waals surface area contributed by atoms with Crippen LogP contribution in [-0.4, -0.2) is 0 Å². The van der Waals surface area contributed by atoms with E-state index in [-0.39, 0.29) is 5.41 Å². The van der Waals surface area contributed by atoms with Crippen molar-refractivity contribution in [2.75, 3.05) is 9.80 Å². The lowest BCUT2D eigenvalue weighted by Gasteiger charge is -2.49. The van der Waals surface area contributed by atoms with E-state index in [0.29, 0.717) is 5.41 Å². The Morgan fingerprint density at radius 2 is 0.566 bits per heavy atom. The average Bonchev–Trinajstić information content (AvgIpc) is 3.19. The van der Waals surface area contributed by atoms with Crippen molar-refractivity contribution >= 4 is 34.1 Å². The van der Waals surface area contributed by atoms with Gasteiger partial charge in [0.25, 0.3) is 0 Å². The summed E-state index contributed by atoms with van der Waals surface area (Å²) in [4.78, 5) is 4.79. The molecule has 0 heterocycles. The molecular weight excluding hydrogens is 641 g/mol. The molecule has 2 nitrogen and oxygen atoms in total. The van der Waals surface area contributed by atoms with Crippen LogP contribution in [0.2, 0.25) is 0 Å². The van der Waals surface area contributed by atoms with Crippen LogP contribution in [0.25, 0.3) is 0 Å². The number of benzene rings is 6. The van der Waals surface area contributed by atoms with Gasteiger partial charge in [-0.05, 0) is 156 Å². The Morgan fingerprint density at radius 3 is 0.849 bits per heavy atom. The molecule has 0 unspecified atom stereocenters. The van der Waals surface area contributed by atoms with Crippen LogP contribution in [0.1, 0.15) is 91.2 Å². The SMILES string of the molecule is Cc1ccc(N(c2ccc(C)cc2)c2ccc(C3(c4ccc(N(c5ccc(C)cc5)c5ccc(C)cc5)cc4)CCC4(CCCCC4)CC3)cc2)cc1. The topological polar surface area (TPSA) is 6.48 Å². The highest BCUT2D eigenvalue weighted by Gasteiger charge is 2.45. The predicted octanol–water partition coefficient (Wildman–Crippen LogP) is 14.7. The van der Waals surface area contributed by atoms with Crippen LogP contribution in [0.3, 0.4) is 0 Å². The zero-order valence-electron chi connectivity index (χ0n) is 32.1. The molecule has 0 aliphatic heterocycles. The second kappa shape index (κ2) is 14.7.